The fourth-order valence-corrected chi connectivity index (χ4v) is 1.79. The molecular weight excluding hydrogens is 242 g/mol. The predicted octanol–water partition coefficient (Wildman–Crippen LogP) is 1.88. The zero-order valence-corrected chi connectivity index (χ0v) is 11.2. The van der Waals surface area contributed by atoms with Crippen molar-refractivity contribution < 1.29 is 4.42 Å². The molecule has 4 N–H and O–H groups in total. The Morgan fingerprint density at radius 2 is 2.11 bits per heavy atom. The van der Waals surface area contributed by atoms with E-state index < -0.39 is 0 Å². The molecule has 0 aliphatic rings. The van der Waals surface area contributed by atoms with Gasteiger partial charge in [-0.15, -0.1) is 0 Å². The molecule has 0 amide bonds. The fraction of sp³-hybridized carbons (Fsp3) is 0.385. The lowest BCUT2D eigenvalue weighted by Crippen LogP contribution is -2.15. The fourth-order valence-electron chi connectivity index (χ4n) is 1.79. The van der Waals surface area contributed by atoms with Crippen LogP contribution < -0.4 is 16.6 Å². The monoisotopic (exact) mass is 261 g/mol. The first-order valence-corrected chi connectivity index (χ1v) is 6.35. The van der Waals surface area contributed by atoms with Crippen LogP contribution in [0, 0.1) is 6.92 Å². The molecule has 19 heavy (non-hydrogen) atoms. The van der Waals surface area contributed by atoms with E-state index in [0.29, 0.717) is 5.82 Å². The van der Waals surface area contributed by atoms with E-state index in [0.717, 1.165) is 42.4 Å². The van der Waals surface area contributed by atoms with Gasteiger partial charge < -0.3 is 15.2 Å². The number of hydrogen-bond donors (Lipinski definition) is 3. The number of nitrogens with two attached hydrogens (primary N) is 1. The van der Waals surface area contributed by atoms with Gasteiger partial charge >= 0.3 is 0 Å². The Labute approximate surface area is 112 Å². The van der Waals surface area contributed by atoms with Crippen LogP contribution in [-0.4, -0.2) is 16.5 Å². The van der Waals surface area contributed by atoms with E-state index in [-0.39, 0.29) is 0 Å². The topological polar surface area (TPSA) is 89.0 Å². The number of nitrogens with one attached hydrogen (secondary N) is 2. The summed E-state index contributed by atoms with van der Waals surface area (Å²) >= 11 is 0. The molecule has 0 fully saturated rings. The number of furan rings is 1. The van der Waals surface area contributed by atoms with Crippen molar-refractivity contribution in [2.45, 2.75) is 26.7 Å². The van der Waals surface area contributed by atoms with Gasteiger partial charge in [0.2, 0.25) is 0 Å². The number of hydrogen-bond acceptors (Lipinski definition) is 6. The summed E-state index contributed by atoms with van der Waals surface area (Å²) in [6, 6.07) is 3.84. The highest BCUT2D eigenvalue weighted by Crippen LogP contribution is 2.19. The molecule has 0 aliphatic carbocycles. The molecule has 6 nitrogen and oxygen atoms in total. The molecule has 0 radical (unpaired) electrons. The summed E-state index contributed by atoms with van der Waals surface area (Å²) in [5, 5.41) is 3.29. The summed E-state index contributed by atoms with van der Waals surface area (Å²) in [6.07, 6.45) is 3.25. The van der Waals surface area contributed by atoms with Gasteiger partial charge in [-0.1, -0.05) is 6.92 Å². The first-order valence-electron chi connectivity index (χ1n) is 6.35. The van der Waals surface area contributed by atoms with Gasteiger partial charge in [0.25, 0.3) is 0 Å². The Bertz CT molecular complexity index is 524. The maximum Gasteiger partial charge on any atom is 0.148 e. The largest absolute Gasteiger partial charge is 0.469 e. The van der Waals surface area contributed by atoms with E-state index in [1.807, 2.05) is 26.0 Å². The minimum atomic E-state index is 0.660. The minimum Gasteiger partial charge on any atom is -0.469 e. The lowest BCUT2D eigenvalue weighted by atomic mass is 10.2. The molecule has 0 unspecified atom stereocenters. The molecule has 2 aromatic heterocycles. The lowest BCUT2D eigenvalue weighted by molar-refractivity contribution is 0.513. The second-order valence-corrected chi connectivity index (χ2v) is 4.22. The SMILES string of the molecule is CCc1nc(NN)c(C)c(NCCc2ccco2)n1. The van der Waals surface area contributed by atoms with Gasteiger partial charge in [-0.3, -0.25) is 0 Å². The van der Waals surface area contributed by atoms with E-state index in [1.54, 1.807) is 6.26 Å². The van der Waals surface area contributed by atoms with E-state index in [9.17, 15) is 0 Å². The zero-order chi connectivity index (χ0) is 13.7. The van der Waals surface area contributed by atoms with Gasteiger partial charge in [0.1, 0.15) is 23.2 Å². The number of nitrogen functional groups attached to an aromatic ring is 1. The lowest BCUT2D eigenvalue weighted by Gasteiger charge is -2.12. The van der Waals surface area contributed by atoms with Crippen molar-refractivity contribution in [1.82, 2.24) is 9.97 Å². The molecule has 2 heterocycles. The van der Waals surface area contributed by atoms with Crippen molar-refractivity contribution in [3.8, 4) is 0 Å². The van der Waals surface area contributed by atoms with Gasteiger partial charge in [-0.05, 0) is 19.1 Å². The van der Waals surface area contributed by atoms with Crippen molar-refractivity contribution in [2.75, 3.05) is 17.3 Å². The van der Waals surface area contributed by atoms with Gasteiger partial charge in [-0.2, -0.15) is 0 Å². The van der Waals surface area contributed by atoms with E-state index in [1.165, 1.54) is 0 Å². The van der Waals surface area contributed by atoms with Gasteiger partial charge in [0.05, 0.1) is 6.26 Å². The first kappa shape index (κ1) is 13.4. The highest BCUT2D eigenvalue weighted by atomic mass is 16.3. The average Bonchev–Trinajstić information content (AvgIpc) is 2.94. The molecule has 102 valence electrons. The summed E-state index contributed by atoms with van der Waals surface area (Å²) in [4.78, 5) is 8.79. The van der Waals surface area contributed by atoms with Crippen LogP contribution in [0.5, 0.6) is 0 Å². The molecule has 6 heteroatoms. The van der Waals surface area contributed by atoms with Crippen LogP contribution in [0.25, 0.3) is 0 Å². The van der Waals surface area contributed by atoms with Crippen LogP contribution in [0.1, 0.15) is 24.1 Å². The summed E-state index contributed by atoms with van der Waals surface area (Å²) in [7, 11) is 0. The molecule has 0 saturated heterocycles. The summed E-state index contributed by atoms with van der Waals surface area (Å²) in [5.41, 5.74) is 3.52. The summed E-state index contributed by atoms with van der Waals surface area (Å²) < 4.78 is 5.29. The highest BCUT2D eigenvalue weighted by molar-refractivity contribution is 5.56. The van der Waals surface area contributed by atoms with Crippen molar-refractivity contribution in [1.29, 1.82) is 0 Å². The second-order valence-electron chi connectivity index (χ2n) is 4.22. The normalized spacial score (nSPS) is 10.5. The number of hydrazine groups is 1. The van der Waals surface area contributed by atoms with Crippen molar-refractivity contribution >= 4 is 11.6 Å². The molecule has 2 rings (SSSR count). The number of nitrogens with zero attached hydrogens (tertiary/aromatic N) is 2. The first-order chi connectivity index (χ1) is 9.24. The Hall–Kier alpha value is -2.08. The van der Waals surface area contributed by atoms with E-state index >= 15 is 0 Å². The molecule has 0 spiro atoms. The third-order valence-electron chi connectivity index (χ3n) is 2.89. The Balaban J connectivity index is 2.06. The molecule has 0 aromatic carbocycles. The molecule has 0 aliphatic heterocycles. The Morgan fingerprint density at radius 1 is 1.32 bits per heavy atom. The van der Waals surface area contributed by atoms with E-state index in [2.05, 4.69) is 20.7 Å². The highest BCUT2D eigenvalue weighted by Gasteiger charge is 2.09. The number of anilines is 2. The maximum atomic E-state index is 5.47. The summed E-state index contributed by atoms with van der Waals surface area (Å²) in [6.45, 7) is 4.69. The molecular formula is C13H19N5O. The van der Waals surface area contributed by atoms with Crippen LogP contribution in [0.3, 0.4) is 0 Å². The third kappa shape index (κ3) is 3.23. The standard InChI is InChI=1S/C13H19N5O/c1-3-11-16-12(9(2)13(17-11)18-14)15-7-6-10-5-4-8-19-10/h4-5,8H,3,6-7,14H2,1-2H3,(H2,15,16,17,18). The predicted molar refractivity (Wildman–Crippen MR) is 74.9 cm³/mol. The van der Waals surface area contributed by atoms with Crippen LogP contribution >= 0.6 is 0 Å². The number of aromatic nitrogens is 2. The summed E-state index contributed by atoms with van der Waals surface area (Å²) in [5.74, 6) is 8.65. The second kappa shape index (κ2) is 6.19. The molecule has 2 aromatic rings. The number of rotatable bonds is 6. The van der Waals surface area contributed by atoms with E-state index in [4.69, 9.17) is 10.3 Å². The Morgan fingerprint density at radius 3 is 2.74 bits per heavy atom. The van der Waals surface area contributed by atoms with Gasteiger partial charge in [-0.25, -0.2) is 15.8 Å². The average molecular weight is 261 g/mol. The van der Waals surface area contributed by atoms with Crippen LogP contribution in [0.15, 0.2) is 22.8 Å². The smallest absolute Gasteiger partial charge is 0.148 e. The third-order valence-corrected chi connectivity index (χ3v) is 2.89. The molecule has 0 saturated carbocycles. The van der Waals surface area contributed by atoms with Gasteiger partial charge in [0.15, 0.2) is 0 Å². The van der Waals surface area contributed by atoms with Crippen LogP contribution in [0.2, 0.25) is 0 Å². The maximum absolute atomic E-state index is 5.47. The van der Waals surface area contributed by atoms with Crippen molar-refractivity contribution in [3.05, 3.63) is 35.5 Å². The quantitative estimate of drug-likeness (QED) is 0.543. The Kier molecular flexibility index (Phi) is 4.35. The van der Waals surface area contributed by atoms with Crippen molar-refractivity contribution in [3.63, 3.8) is 0 Å². The van der Waals surface area contributed by atoms with Crippen LogP contribution in [-0.2, 0) is 12.8 Å². The minimum absolute atomic E-state index is 0.660. The number of aryl methyl sites for hydroxylation is 1. The molecule has 0 atom stereocenters. The van der Waals surface area contributed by atoms with Crippen molar-refractivity contribution in [2.24, 2.45) is 5.84 Å². The van der Waals surface area contributed by atoms with Crippen LogP contribution in [0.4, 0.5) is 11.6 Å². The zero-order valence-electron chi connectivity index (χ0n) is 11.2. The molecule has 0 bridgehead atoms. The van der Waals surface area contributed by atoms with Gasteiger partial charge in [0, 0.05) is 24.9 Å².